The molecule has 0 saturated carbocycles. The van der Waals surface area contributed by atoms with E-state index in [0.717, 1.165) is 11.8 Å². The van der Waals surface area contributed by atoms with Gasteiger partial charge in [0.05, 0.1) is 6.20 Å². The molecule has 2 N–H and O–H groups in total. The van der Waals surface area contributed by atoms with Crippen LogP contribution in [-0.4, -0.2) is 9.97 Å². The van der Waals surface area contributed by atoms with Crippen LogP contribution in [0, 0.1) is 5.82 Å². The second-order valence-electron chi connectivity index (χ2n) is 3.30. The van der Waals surface area contributed by atoms with Crippen LogP contribution >= 0.6 is 23.4 Å². The maximum Gasteiger partial charge on any atom is 0.189 e. The first-order chi connectivity index (χ1) is 8.15. The summed E-state index contributed by atoms with van der Waals surface area (Å²) in [5.74, 6) is -0.0400. The molecular formula is C11H9ClFN3S. The zero-order chi connectivity index (χ0) is 12.3. The minimum absolute atomic E-state index is 0.126. The van der Waals surface area contributed by atoms with Crippen molar-refractivity contribution in [2.45, 2.75) is 10.9 Å². The second kappa shape index (κ2) is 5.33. The van der Waals surface area contributed by atoms with Gasteiger partial charge in [0, 0.05) is 10.8 Å². The van der Waals surface area contributed by atoms with Crippen LogP contribution in [-0.2, 0) is 5.75 Å². The molecule has 2 aromatic rings. The molecule has 6 heteroatoms. The first-order valence-electron chi connectivity index (χ1n) is 4.80. The van der Waals surface area contributed by atoms with Gasteiger partial charge in [-0.05, 0) is 17.7 Å². The second-order valence-corrected chi connectivity index (χ2v) is 4.68. The van der Waals surface area contributed by atoms with Crippen LogP contribution < -0.4 is 5.73 Å². The number of aromatic nitrogens is 2. The molecule has 0 aliphatic heterocycles. The van der Waals surface area contributed by atoms with E-state index in [1.165, 1.54) is 11.8 Å². The molecule has 0 aliphatic carbocycles. The van der Waals surface area contributed by atoms with Crippen LogP contribution in [0.3, 0.4) is 0 Å². The van der Waals surface area contributed by atoms with Crippen LogP contribution in [0.15, 0.2) is 35.6 Å². The normalized spacial score (nSPS) is 10.5. The molecule has 0 bridgehead atoms. The van der Waals surface area contributed by atoms with Crippen molar-refractivity contribution in [2.75, 3.05) is 5.73 Å². The number of hydrogen-bond donors (Lipinski definition) is 1. The maximum atomic E-state index is 12.8. The van der Waals surface area contributed by atoms with Gasteiger partial charge in [-0.25, -0.2) is 14.4 Å². The van der Waals surface area contributed by atoms with E-state index in [1.807, 2.05) is 24.3 Å². The average Bonchev–Trinajstić information content (AvgIpc) is 2.33. The summed E-state index contributed by atoms with van der Waals surface area (Å²) in [6.45, 7) is 0. The first-order valence-corrected chi connectivity index (χ1v) is 6.17. The number of nitrogen functional groups attached to an aromatic ring is 1. The Bertz CT molecular complexity index is 519. The zero-order valence-electron chi connectivity index (χ0n) is 8.73. The van der Waals surface area contributed by atoms with Crippen LogP contribution in [0.25, 0.3) is 0 Å². The highest BCUT2D eigenvalue weighted by Gasteiger charge is 2.04. The molecule has 88 valence electrons. The van der Waals surface area contributed by atoms with Gasteiger partial charge in [0.15, 0.2) is 16.8 Å². The van der Waals surface area contributed by atoms with Gasteiger partial charge in [0.25, 0.3) is 0 Å². The molecule has 0 aliphatic rings. The Labute approximate surface area is 107 Å². The molecule has 1 aromatic heterocycles. The van der Waals surface area contributed by atoms with Crippen molar-refractivity contribution in [3.05, 3.63) is 46.9 Å². The number of halogens is 2. The summed E-state index contributed by atoms with van der Waals surface area (Å²) in [5.41, 5.74) is 6.44. The van der Waals surface area contributed by atoms with Crippen molar-refractivity contribution in [1.82, 2.24) is 9.97 Å². The molecule has 0 amide bonds. The van der Waals surface area contributed by atoms with Crippen molar-refractivity contribution in [3.63, 3.8) is 0 Å². The Balaban J connectivity index is 2.02. The Morgan fingerprint density at radius 2 is 2.00 bits per heavy atom. The third-order valence-electron chi connectivity index (χ3n) is 2.03. The largest absolute Gasteiger partial charge is 0.381 e. The van der Waals surface area contributed by atoms with E-state index >= 15 is 0 Å². The van der Waals surface area contributed by atoms with Crippen molar-refractivity contribution in [1.29, 1.82) is 0 Å². The summed E-state index contributed by atoms with van der Waals surface area (Å²) < 4.78 is 12.8. The maximum absolute atomic E-state index is 12.8. The van der Waals surface area contributed by atoms with E-state index in [0.29, 0.717) is 15.9 Å². The molecule has 0 fully saturated rings. The lowest BCUT2D eigenvalue weighted by Gasteiger charge is -2.02. The third kappa shape index (κ3) is 3.31. The first kappa shape index (κ1) is 12.1. The fourth-order valence-corrected chi connectivity index (χ4v) is 2.07. The molecule has 0 saturated heterocycles. The topological polar surface area (TPSA) is 51.8 Å². The van der Waals surface area contributed by atoms with E-state index < -0.39 is 5.82 Å². The third-order valence-corrected chi connectivity index (χ3v) is 3.21. The quantitative estimate of drug-likeness (QED) is 0.687. The molecule has 3 nitrogen and oxygen atoms in total. The summed E-state index contributed by atoms with van der Waals surface area (Å²) in [4.78, 5) is 7.68. The minimum atomic E-state index is -0.596. The summed E-state index contributed by atoms with van der Waals surface area (Å²) in [6, 6.07) is 7.47. The number of benzene rings is 1. The lowest BCUT2D eigenvalue weighted by Crippen LogP contribution is -1.98. The van der Waals surface area contributed by atoms with Crippen LogP contribution in [0.5, 0.6) is 0 Å². The van der Waals surface area contributed by atoms with Crippen molar-refractivity contribution < 1.29 is 4.39 Å². The van der Waals surface area contributed by atoms with Gasteiger partial charge in [0.2, 0.25) is 0 Å². The molecule has 1 heterocycles. The minimum Gasteiger partial charge on any atom is -0.381 e. The molecule has 0 atom stereocenters. The lowest BCUT2D eigenvalue weighted by molar-refractivity contribution is 0.612. The van der Waals surface area contributed by atoms with Crippen LogP contribution in [0.4, 0.5) is 10.2 Å². The Morgan fingerprint density at radius 3 is 2.65 bits per heavy atom. The van der Waals surface area contributed by atoms with E-state index in [9.17, 15) is 4.39 Å². The van der Waals surface area contributed by atoms with Crippen LogP contribution in [0.1, 0.15) is 5.56 Å². The molecule has 0 unspecified atom stereocenters. The van der Waals surface area contributed by atoms with E-state index in [2.05, 4.69) is 9.97 Å². The SMILES string of the molecule is Nc1nc(SCc2ccc(Cl)cc2)ncc1F. The summed E-state index contributed by atoms with van der Waals surface area (Å²) in [5, 5.41) is 1.15. The predicted molar refractivity (Wildman–Crippen MR) is 67.4 cm³/mol. The summed E-state index contributed by atoms with van der Waals surface area (Å²) in [6.07, 6.45) is 1.08. The van der Waals surface area contributed by atoms with Gasteiger partial charge in [-0.1, -0.05) is 35.5 Å². The van der Waals surface area contributed by atoms with E-state index in [1.54, 1.807) is 0 Å². The van der Waals surface area contributed by atoms with E-state index in [-0.39, 0.29) is 5.82 Å². The molecule has 2 rings (SSSR count). The van der Waals surface area contributed by atoms with Crippen LogP contribution in [0.2, 0.25) is 5.02 Å². The fraction of sp³-hybridized carbons (Fsp3) is 0.0909. The number of anilines is 1. The number of nitrogens with zero attached hydrogens (tertiary/aromatic N) is 2. The predicted octanol–water partition coefficient (Wildman–Crippen LogP) is 3.14. The summed E-state index contributed by atoms with van der Waals surface area (Å²) >= 11 is 7.17. The highest BCUT2D eigenvalue weighted by atomic mass is 35.5. The van der Waals surface area contributed by atoms with Gasteiger partial charge in [0.1, 0.15) is 0 Å². The smallest absolute Gasteiger partial charge is 0.189 e. The van der Waals surface area contributed by atoms with Gasteiger partial charge >= 0.3 is 0 Å². The van der Waals surface area contributed by atoms with Crippen molar-refractivity contribution in [3.8, 4) is 0 Å². The Hall–Kier alpha value is -1.33. The monoisotopic (exact) mass is 269 g/mol. The Kier molecular flexibility index (Phi) is 3.81. The fourth-order valence-electron chi connectivity index (χ4n) is 1.16. The molecular weight excluding hydrogens is 261 g/mol. The highest BCUT2D eigenvalue weighted by molar-refractivity contribution is 7.98. The zero-order valence-corrected chi connectivity index (χ0v) is 10.3. The lowest BCUT2D eigenvalue weighted by atomic mass is 10.2. The van der Waals surface area contributed by atoms with Crippen molar-refractivity contribution >= 4 is 29.2 Å². The number of nitrogens with two attached hydrogens (primary N) is 1. The number of hydrogen-bond acceptors (Lipinski definition) is 4. The number of rotatable bonds is 3. The molecule has 1 aromatic carbocycles. The molecule has 17 heavy (non-hydrogen) atoms. The van der Waals surface area contributed by atoms with Gasteiger partial charge in [-0.2, -0.15) is 0 Å². The highest BCUT2D eigenvalue weighted by Crippen LogP contribution is 2.21. The van der Waals surface area contributed by atoms with Gasteiger partial charge < -0.3 is 5.73 Å². The van der Waals surface area contributed by atoms with E-state index in [4.69, 9.17) is 17.3 Å². The summed E-state index contributed by atoms with van der Waals surface area (Å²) in [7, 11) is 0. The number of thioether (sulfide) groups is 1. The molecule has 0 spiro atoms. The van der Waals surface area contributed by atoms with Crippen molar-refractivity contribution in [2.24, 2.45) is 0 Å². The standard InChI is InChI=1S/C11H9ClFN3S/c12-8-3-1-7(2-4-8)6-17-11-15-5-9(13)10(14)16-11/h1-5H,6H2,(H2,14,15,16). The molecule has 0 radical (unpaired) electrons. The Morgan fingerprint density at radius 1 is 1.29 bits per heavy atom. The average molecular weight is 270 g/mol. The van der Waals surface area contributed by atoms with Gasteiger partial charge in [-0.15, -0.1) is 0 Å². The van der Waals surface area contributed by atoms with Gasteiger partial charge in [-0.3, -0.25) is 0 Å².